The van der Waals surface area contributed by atoms with Gasteiger partial charge in [-0.3, -0.25) is 9.88 Å². The first-order chi connectivity index (χ1) is 10.5. The molecule has 2 aliphatic heterocycles. The van der Waals surface area contributed by atoms with Crippen LogP contribution in [0.5, 0.6) is 0 Å². The molecular formula is C14H22N8. The number of rotatable bonds is 2. The number of aromatic nitrogens is 2. The third-order valence-corrected chi connectivity index (χ3v) is 4.27. The van der Waals surface area contributed by atoms with Gasteiger partial charge >= 0.3 is 0 Å². The Kier molecular flexibility index (Phi) is 3.61. The molecule has 0 aromatic carbocycles. The Morgan fingerprint density at radius 1 is 1.18 bits per heavy atom. The Balaban J connectivity index is 1.69. The molecule has 1 aromatic heterocycles. The average Bonchev–Trinajstić information content (AvgIpc) is 2.53. The predicted octanol–water partition coefficient (Wildman–Crippen LogP) is -0.577. The maximum absolute atomic E-state index is 6.02. The summed E-state index contributed by atoms with van der Waals surface area (Å²) in [5, 5.41) is 3.27. The Morgan fingerprint density at radius 2 is 1.91 bits per heavy atom. The van der Waals surface area contributed by atoms with Crippen molar-refractivity contribution in [2.24, 2.45) is 16.5 Å². The summed E-state index contributed by atoms with van der Waals surface area (Å²) in [7, 11) is 0. The van der Waals surface area contributed by atoms with Crippen LogP contribution in [0.15, 0.2) is 35.0 Å². The van der Waals surface area contributed by atoms with Gasteiger partial charge in [-0.05, 0) is 13.8 Å². The molecule has 5 N–H and O–H groups in total. The molecule has 3 rings (SSSR count). The van der Waals surface area contributed by atoms with Gasteiger partial charge in [-0.15, -0.1) is 0 Å². The van der Waals surface area contributed by atoms with Crippen molar-refractivity contribution in [2.45, 2.75) is 19.6 Å². The monoisotopic (exact) mass is 302 g/mol. The SMILES string of the molecule is CC1=C(N)NC(C)(N2CCN(c3cnccn3)CC2)N=C1N. The number of hydrogen-bond acceptors (Lipinski definition) is 8. The lowest BCUT2D eigenvalue weighted by molar-refractivity contribution is 0.0787. The number of hydrogen-bond donors (Lipinski definition) is 3. The van der Waals surface area contributed by atoms with Crippen LogP contribution in [0, 0.1) is 0 Å². The van der Waals surface area contributed by atoms with Crippen molar-refractivity contribution in [1.82, 2.24) is 20.2 Å². The van der Waals surface area contributed by atoms with Crippen LogP contribution in [0.2, 0.25) is 0 Å². The molecule has 0 radical (unpaired) electrons. The lowest BCUT2D eigenvalue weighted by Crippen LogP contribution is -2.63. The van der Waals surface area contributed by atoms with E-state index in [1.165, 1.54) is 0 Å². The van der Waals surface area contributed by atoms with Crippen LogP contribution >= 0.6 is 0 Å². The van der Waals surface area contributed by atoms with E-state index >= 15 is 0 Å². The highest BCUT2D eigenvalue weighted by atomic mass is 15.5. The van der Waals surface area contributed by atoms with E-state index < -0.39 is 5.79 Å². The number of nitrogens with two attached hydrogens (primary N) is 2. The Labute approximate surface area is 129 Å². The lowest BCUT2D eigenvalue weighted by Gasteiger charge is -2.45. The summed E-state index contributed by atoms with van der Waals surface area (Å²) in [5.74, 6) is 1.39. The smallest absolute Gasteiger partial charge is 0.187 e. The molecule has 8 nitrogen and oxygen atoms in total. The molecule has 1 unspecified atom stereocenters. The van der Waals surface area contributed by atoms with Crippen molar-refractivity contribution >= 4 is 11.7 Å². The molecule has 1 aromatic rings. The van der Waals surface area contributed by atoms with Crippen molar-refractivity contribution in [2.75, 3.05) is 31.1 Å². The van der Waals surface area contributed by atoms with E-state index in [-0.39, 0.29) is 0 Å². The van der Waals surface area contributed by atoms with Gasteiger partial charge in [0, 0.05) is 44.1 Å². The van der Waals surface area contributed by atoms with Crippen molar-refractivity contribution < 1.29 is 0 Å². The van der Waals surface area contributed by atoms with Gasteiger partial charge in [-0.2, -0.15) is 0 Å². The van der Waals surface area contributed by atoms with E-state index in [0.717, 1.165) is 37.6 Å². The summed E-state index contributed by atoms with van der Waals surface area (Å²) in [6.07, 6.45) is 5.18. The number of aliphatic imine (C=N–C) groups is 1. The van der Waals surface area contributed by atoms with E-state index in [9.17, 15) is 0 Å². The quantitative estimate of drug-likeness (QED) is 0.671. The second kappa shape index (κ2) is 5.45. The van der Waals surface area contributed by atoms with Crippen molar-refractivity contribution in [1.29, 1.82) is 0 Å². The fraction of sp³-hybridized carbons (Fsp3) is 0.500. The number of anilines is 1. The van der Waals surface area contributed by atoms with Crippen LogP contribution in [-0.4, -0.2) is 52.7 Å². The fourth-order valence-electron chi connectivity index (χ4n) is 2.81. The van der Waals surface area contributed by atoms with Crippen LogP contribution < -0.4 is 21.7 Å². The minimum Gasteiger partial charge on any atom is -0.385 e. The highest BCUT2D eigenvalue weighted by Crippen LogP contribution is 2.23. The largest absolute Gasteiger partial charge is 0.385 e. The van der Waals surface area contributed by atoms with Gasteiger partial charge in [0.1, 0.15) is 17.5 Å². The fourth-order valence-corrected chi connectivity index (χ4v) is 2.81. The summed E-state index contributed by atoms with van der Waals surface area (Å²) in [5.41, 5.74) is 12.8. The molecule has 8 heteroatoms. The maximum Gasteiger partial charge on any atom is 0.187 e. The van der Waals surface area contributed by atoms with E-state index in [0.29, 0.717) is 11.7 Å². The second-order valence-corrected chi connectivity index (χ2v) is 5.72. The van der Waals surface area contributed by atoms with Gasteiger partial charge in [-0.25, -0.2) is 9.98 Å². The molecule has 1 atom stereocenters. The van der Waals surface area contributed by atoms with Gasteiger partial charge in [0.05, 0.1) is 6.20 Å². The van der Waals surface area contributed by atoms with Crippen LogP contribution in [0.25, 0.3) is 0 Å². The van der Waals surface area contributed by atoms with Crippen LogP contribution in [0.4, 0.5) is 5.82 Å². The number of piperazine rings is 1. The first-order valence-corrected chi connectivity index (χ1v) is 7.36. The average molecular weight is 302 g/mol. The highest BCUT2D eigenvalue weighted by Gasteiger charge is 2.37. The van der Waals surface area contributed by atoms with Gasteiger partial charge in [0.25, 0.3) is 0 Å². The summed E-state index contributed by atoms with van der Waals surface area (Å²) in [6, 6.07) is 0. The molecule has 3 heterocycles. The summed E-state index contributed by atoms with van der Waals surface area (Å²) >= 11 is 0. The van der Waals surface area contributed by atoms with Gasteiger partial charge in [-0.1, -0.05) is 0 Å². The van der Waals surface area contributed by atoms with E-state index in [1.54, 1.807) is 18.6 Å². The minimum absolute atomic E-state index is 0.495. The molecule has 0 aliphatic carbocycles. The van der Waals surface area contributed by atoms with Gasteiger partial charge in [0.2, 0.25) is 0 Å². The molecule has 2 aliphatic rings. The highest BCUT2D eigenvalue weighted by molar-refractivity contribution is 5.97. The Hall–Kier alpha value is -2.35. The van der Waals surface area contributed by atoms with Crippen LogP contribution in [0.1, 0.15) is 13.8 Å². The van der Waals surface area contributed by atoms with Crippen molar-refractivity contribution in [3.05, 3.63) is 30.0 Å². The molecule has 0 amide bonds. The Bertz CT molecular complexity index is 603. The van der Waals surface area contributed by atoms with Crippen LogP contribution in [0.3, 0.4) is 0 Å². The topological polar surface area (TPSA) is 109 Å². The minimum atomic E-state index is -0.595. The van der Waals surface area contributed by atoms with Crippen molar-refractivity contribution in [3.63, 3.8) is 0 Å². The zero-order valence-electron chi connectivity index (χ0n) is 13.0. The zero-order chi connectivity index (χ0) is 15.7. The van der Waals surface area contributed by atoms with Gasteiger partial charge < -0.3 is 21.7 Å². The van der Waals surface area contributed by atoms with E-state index in [1.807, 2.05) is 13.8 Å². The molecule has 1 fully saturated rings. The molecule has 0 spiro atoms. The van der Waals surface area contributed by atoms with E-state index in [4.69, 9.17) is 11.5 Å². The van der Waals surface area contributed by atoms with Crippen LogP contribution in [-0.2, 0) is 0 Å². The Morgan fingerprint density at radius 3 is 2.50 bits per heavy atom. The number of nitrogens with one attached hydrogen (secondary N) is 1. The molecule has 0 saturated carbocycles. The molecule has 1 saturated heterocycles. The lowest BCUT2D eigenvalue weighted by atomic mass is 10.1. The number of amidine groups is 1. The summed E-state index contributed by atoms with van der Waals surface area (Å²) in [6.45, 7) is 7.25. The standard InChI is InChI=1S/C14H22N8/c1-10-12(15)19-14(2,20-13(10)16)22-7-5-21(6-8-22)11-9-17-3-4-18-11/h3-4,9,19H,5-8,15H2,1-2H3,(H2,16,20). The zero-order valence-corrected chi connectivity index (χ0v) is 13.0. The maximum atomic E-state index is 6.02. The van der Waals surface area contributed by atoms with Gasteiger partial charge in [0.15, 0.2) is 5.79 Å². The molecular weight excluding hydrogens is 280 g/mol. The first-order valence-electron chi connectivity index (χ1n) is 7.36. The van der Waals surface area contributed by atoms with Crippen molar-refractivity contribution in [3.8, 4) is 0 Å². The normalized spacial score (nSPS) is 26.6. The molecule has 118 valence electrons. The third-order valence-electron chi connectivity index (χ3n) is 4.27. The number of nitrogens with zero attached hydrogens (tertiary/aromatic N) is 5. The summed E-state index contributed by atoms with van der Waals surface area (Å²) < 4.78 is 0. The van der Waals surface area contributed by atoms with E-state index in [2.05, 4.69) is 30.1 Å². The molecule has 22 heavy (non-hydrogen) atoms. The second-order valence-electron chi connectivity index (χ2n) is 5.72. The molecule has 0 bridgehead atoms. The predicted molar refractivity (Wildman–Crippen MR) is 85.9 cm³/mol. The first kappa shape index (κ1) is 14.6. The summed E-state index contributed by atoms with van der Waals surface area (Å²) in [4.78, 5) is 17.5. The third kappa shape index (κ3) is 2.57.